The SMILES string of the molecule is COc1ccc2c(c1)NC(C(C)(F)F)C2. The Kier molecular flexibility index (Phi) is 2.29. The Morgan fingerprint density at radius 2 is 2.20 bits per heavy atom. The number of ether oxygens (including phenoxy) is 1. The third-order valence-corrected chi connectivity index (χ3v) is 2.68. The van der Waals surface area contributed by atoms with E-state index in [4.69, 9.17) is 4.74 Å². The Labute approximate surface area is 87.2 Å². The Balaban J connectivity index is 2.24. The van der Waals surface area contributed by atoms with E-state index < -0.39 is 12.0 Å². The molecule has 1 N–H and O–H groups in total. The molecule has 4 heteroatoms. The van der Waals surface area contributed by atoms with Crippen LogP contribution in [0, 0.1) is 0 Å². The molecule has 15 heavy (non-hydrogen) atoms. The van der Waals surface area contributed by atoms with Gasteiger partial charge in [0.15, 0.2) is 0 Å². The highest BCUT2D eigenvalue weighted by Crippen LogP contribution is 2.35. The van der Waals surface area contributed by atoms with Gasteiger partial charge in [-0.1, -0.05) is 6.07 Å². The summed E-state index contributed by atoms with van der Waals surface area (Å²) in [5.41, 5.74) is 1.67. The van der Waals surface area contributed by atoms with Crippen LogP contribution in [0.2, 0.25) is 0 Å². The minimum absolute atomic E-state index is 0.364. The summed E-state index contributed by atoms with van der Waals surface area (Å²) >= 11 is 0. The highest BCUT2D eigenvalue weighted by molar-refractivity contribution is 5.60. The summed E-state index contributed by atoms with van der Waals surface area (Å²) in [6.07, 6.45) is 0.364. The van der Waals surface area contributed by atoms with Crippen molar-refractivity contribution >= 4 is 5.69 Å². The van der Waals surface area contributed by atoms with Crippen molar-refractivity contribution in [2.45, 2.75) is 25.3 Å². The number of fused-ring (bicyclic) bond motifs is 1. The molecule has 0 bridgehead atoms. The van der Waals surface area contributed by atoms with Crippen molar-refractivity contribution in [3.8, 4) is 5.75 Å². The molecule has 1 atom stereocenters. The summed E-state index contributed by atoms with van der Waals surface area (Å²) in [7, 11) is 1.56. The van der Waals surface area contributed by atoms with E-state index in [2.05, 4.69) is 5.32 Å². The number of anilines is 1. The van der Waals surface area contributed by atoms with Crippen LogP contribution < -0.4 is 10.1 Å². The Bertz CT molecular complexity index is 373. The number of halogens is 2. The quantitative estimate of drug-likeness (QED) is 0.815. The van der Waals surface area contributed by atoms with Crippen LogP contribution >= 0.6 is 0 Å². The third kappa shape index (κ3) is 1.89. The molecule has 1 aromatic carbocycles. The first-order valence-corrected chi connectivity index (χ1v) is 4.82. The van der Waals surface area contributed by atoms with Crippen LogP contribution in [0.25, 0.3) is 0 Å². The molecule has 0 fully saturated rings. The average molecular weight is 213 g/mol. The zero-order valence-corrected chi connectivity index (χ0v) is 8.68. The second-order valence-corrected chi connectivity index (χ2v) is 3.88. The fourth-order valence-electron chi connectivity index (χ4n) is 1.76. The monoisotopic (exact) mass is 213 g/mol. The van der Waals surface area contributed by atoms with Crippen LogP contribution in [-0.4, -0.2) is 19.1 Å². The molecule has 1 heterocycles. The maximum atomic E-state index is 13.1. The predicted octanol–water partition coefficient (Wildman–Crippen LogP) is 2.69. The fourth-order valence-corrected chi connectivity index (χ4v) is 1.76. The Morgan fingerprint density at radius 1 is 1.47 bits per heavy atom. The first kappa shape index (κ1) is 10.2. The van der Waals surface area contributed by atoms with E-state index in [1.54, 1.807) is 19.2 Å². The highest BCUT2D eigenvalue weighted by Gasteiger charge is 2.38. The summed E-state index contributed by atoms with van der Waals surface area (Å²) in [5, 5.41) is 2.82. The van der Waals surface area contributed by atoms with Crippen molar-refractivity contribution in [2.75, 3.05) is 12.4 Å². The molecule has 0 amide bonds. The van der Waals surface area contributed by atoms with Gasteiger partial charge in [-0.15, -0.1) is 0 Å². The van der Waals surface area contributed by atoms with E-state index in [0.29, 0.717) is 12.2 Å². The Morgan fingerprint density at radius 3 is 2.80 bits per heavy atom. The number of methoxy groups -OCH3 is 1. The van der Waals surface area contributed by atoms with Gasteiger partial charge in [0.1, 0.15) is 5.75 Å². The van der Waals surface area contributed by atoms with Crippen molar-refractivity contribution in [1.82, 2.24) is 0 Å². The summed E-state index contributed by atoms with van der Waals surface area (Å²) in [6.45, 7) is 0.938. The number of rotatable bonds is 2. The third-order valence-electron chi connectivity index (χ3n) is 2.68. The van der Waals surface area contributed by atoms with Gasteiger partial charge in [-0.25, -0.2) is 8.78 Å². The molecule has 0 aliphatic carbocycles. The van der Waals surface area contributed by atoms with Crippen LogP contribution in [0.3, 0.4) is 0 Å². The lowest BCUT2D eigenvalue weighted by Gasteiger charge is -2.18. The van der Waals surface area contributed by atoms with Crippen molar-refractivity contribution in [3.63, 3.8) is 0 Å². The van der Waals surface area contributed by atoms with Gasteiger partial charge in [0.2, 0.25) is 0 Å². The molecule has 0 radical (unpaired) electrons. The first-order chi connectivity index (χ1) is 7.00. The second-order valence-electron chi connectivity index (χ2n) is 3.88. The number of nitrogens with one attached hydrogen (secondary N) is 1. The molecule has 1 aromatic rings. The second kappa shape index (κ2) is 3.36. The number of benzene rings is 1. The molecule has 82 valence electrons. The normalized spacial score (nSPS) is 19.6. The van der Waals surface area contributed by atoms with E-state index in [1.165, 1.54) is 0 Å². The molecule has 0 spiro atoms. The molecule has 0 saturated heterocycles. The lowest BCUT2D eigenvalue weighted by molar-refractivity contribution is 0.00371. The Hall–Kier alpha value is -1.32. The minimum Gasteiger partial charge on any atom is -0.497 e. The molecule has 1 aliphatic rings. The zero-order chi connectivity index (χ0) is 11.1. The lowest BCUT2D eigenvalue weighted by atomic mass is 10.1. The molecule has 2 rings (SSSR count). The molecule has 1 aliphatic heterocycles. The van der Waals surface area contributed by atoms with E-state index in [-0.39, 0.29) is 0 Å². The smallest absolute Gasteiger partial charge is 0.265 e. The van der Waals surface area contributed by atoms with E-state index >= 15 is 0 Å². The van der Waals surface area contributed by atoms with Gasteiger partial charge in [-0.05, 0) is 11.6 Å². The van der Waals surface area contributed by atoms with Crippen molar-refractivity contribution in [1.29, 1.82) is 0 Å². The van der Waals surface area contributed by atoms with Crippen LogP contribution in [0.1, 0.15) is 12.5 Å². The molecule has 0 saturated carbocycles. The van der Waals surface area contributed by atoms with E-state index in [1.807, 2.05) is 6.07 Å². The van der Waals surface area contributed by atoms with Gasteiger partial charge in [-0.2, -0.15) is 0 Å². The summed E-state index contributed by atoms with van der Waals surface area (Å²) < 4.78 is 31.2. The van der Waals surface area contributed by atoms with Crippen molar-refractivity contribution < 1.29 is 13.5 Å². The molecular weight excluding hydrogens is 200 g/mol. The largest absolute Gasteiger partial charge is 0.497 e. The van der Waals surface area contributed by atoms with Crippen LogP contribution in [0.15, 0.2) is 18.2 Å². The van der Waals surface area contributed by atoms with Gasteiger partial charge >= 0.3 is 0 Å². The minimum atomic E-state index is -2.70. The van der Waals surface area contributed by atoms with Crippen molar-refractivity contribution in [3.05, 3.63) is 23.8 Å². The maximum Gasteiger partial charge on any atom is 0.265 e. The zero-order valence-electron chi connectivity index (χ0n) is 8.68. The van der Waals surface area contributed by atoms with Gasteiger partial charge in [0.05, 0.1) is 13.2 Å². The molecule has 2 nitrogen and oxygen atoms in total. The topological polar surface area (TPSA) is 21.3 Å². The standard InChI is InChI=1S/C11H13F2NO/c1-11(12,13)10-5-7-3-4-8(15-2)6-9(7)14-10/h3-4,6,10,14H,5H2,1-2H3. The van der Waals surface area contributed by atoms with Crippen LogP contribution in [-0.2, 0) is 6.42 Å². The van der Waals surface area contributed by atoms with Crippen LogP contribution in [0.4, 0.5) is 14.5 Å². The predicted molar refractivity (Wildman–Crippen MR) is 54.7 cm³/mol. The highest BCUT2D eigenvalue weighted by atomic mass is 19.3. The van der Waals surface area contributed by atoms with E-state index in [9.17, 15) is 8.78 Å². The summed E-state index contributed by atoms with van der Waals surface area (Å²) in [5.74, 6) is -2.02. The van der Waals surface area contributed by atoms with Gasteiger partial charge in [0, 0.05) is 25.1 Å². The number of hydrogen-bond acceptors (Lipinski definition) is 2. The summed E-state index contributed by atoms with van der Waals surface area (Å²) in [4.78, 5) is 0. The number of alkyl halides is 2. The summed E-state index contributed by atoms with van der Waals surface area (Å²) in [6, 6.07) is 4.56. The van der Waals surface area contributed by atoms with Gasteiger partial charge in [-0.3, -0.25) is 0 Å². The molecular formula is C11H13F2NO. The molecule has 0 aromatic heterocycles. The van der Waals surface area contributed by atoms with Crippen LogP contribution in [0.5, 0.6) is 5.75 Å². The van der Waals surface area contributed by atoms with Gasteiger partial charge in [0.25, 0.3) is 5.92 Å². The average Bonchev–Trinajstić information content (AvgIpc) is 2.59. The maximum absolute atomic E-state index is 13.1. The number of hydrogen-bond donors (Lipinski definition) is 1. The fraction of sp³-hybridized carbons (Fsp3) is 0.455. The van der Waals surface area contributed by atoms with E-state index in [0.717, 1.165) is 18.2 Å². The van der Waals surface area contributed by atoms with Gasteiger partial charge < -0.3 is 10.1 Å². The first-order valence-electron chi connectivity index (χ1n) is 4.82. The van der Waals surface area contributed by atoms with Crippen molar-refractivity contribution in [2.24, 2.45) is 0 Å². The molecule has 1 unspecified atom stereocenters. The lowest BCUT2D eigenvalue weighted by Crippen LogP contribution is -2.35.